The summed E-state index contributed by atoms with van der Waals surface area (Å²) in [5, 5.41) is 12.5. The van der Waals surface area contributed by atoms with Gasteiger partial charge >= 0.3 is 5.97 Å². The lowest BCUT2D eigenvalue weighted by Gasteiger charge is -2.40. The highest BCUT2D eigenvalue weighted by atomic mass is 32.3. The first kappa shape index (κ1) is 15.9. The van der Waals surface area contributed by atoms with Gasteiger partial charge in [-0.25, -0.2) is 4.79 Å². The zero-order valence-corrected chi connectivity index (χ0v) is 13.3. The zero-order chi connectivity index (χ0) is 15.8. The molecule has 0 bridgehead atoms. The summed E-state index contributed by atoms with van der Waals surface area (Å²) in [5.74, 6) is -0.678. The number of anilines is 2. The van der Waals surface area contributed by atoms with Crippen molar-refractivity contribution in [2.24, 2.45) is 0 Å². The maximum Gasteiger partial charge on any atom is 0.336 e. The van der Waals surface area contributed by atoms with Gasteiger partial charge < -0.3 is 10.4 Å². The van der Waals surface area contributed by atoms with E-state index in [1.54, 1.807) is 17.3 Å². The van der Waals surface area contributed by atoms with Crippen LogP contribution in [0.25, 0.3) is 0 Å². The van der Waals surface area contributed by atoms with Crippen LogP contribution in [-0.4, -0.2) is 39.0 Å². The fourth-order valence-corrected chi connectivity index (χ4v) is 4.51. The van der Waals surface area contributed by atoms with Crippen molar-refractivity contribution in [3.8, 4) is 0 Å². The Morgan fingerprint density at radius 1 is 1.38 bits per heavy atom. The van der Waals surface area contributed by atoms with Crippen molar-refractivity contribution in [2.45, 2.75) is 27.2 Å². The molecule has 1 aromatic carbocycles. The number of carboxylic acids is 1. The van der Waals surface area contributed by atoms with Crippen LogP contribution >= 0.6 is 10.8 Å². The van der Waals surface area contributed by atoms with E-state index in [-0.39, 0.29) is 5.56 Å². The molecule has 0 aliphatic carbocycles. The van der Waals surface area contributed by atoms with E-state index in [1.807, 2.05) is 13.8 Å². The van der Waals surface area contributed by atoms with E-state index in [1.165, 1.54) is 0 Å². The number of hydrogen-bond donors (Lipinski definition) is 4. The maximum absolute atomic E-state index is 11.5. The predicted octanol–water partition coefficient (Wildman–Crippen LogP) is 3.31. The number of rotatable bonds is 4. The van der Waals surface area contributed by atoms with Crippen LogP contribution in [0.1, 0.15) is 34.8 Å². The lowest BCUT2D eigenvalue weighted by molar-refractivity contribution is 0.0696. The number of hydrogen-bond acceptors (Lipinski definition) is 5. The van der Waals surface area contributed by atoms with Gasteiger partial charge in [-0.05, 0) is 44.4 Å². The van der Waals surface area contributed by atoms with E-state index in [4.69, 9.17) is 0 Å². The first-order chi connectivity index (χ1) is 9.79. The highest BCUT2D eigenvalue weighted by Gasteiger charge is 2.33. The molecule has 1 fully saturated rings. The minimum Gasteiger partial charge on any atom is -0.478 e. The summed E-state index contributed by atoms with van der Waals surface area (Å²) in [6.07, 6.45) is 0.690. The number of carboxylic acid groups (broad SMARTS) is 1. The van der Waals surface area contributed by atoms with Crippen molar-refractivity contribution in [3.63, 3.8) is 0 Å². The van der Waals surface area contributed by atoms with Crippen molar-refractivity contribution in [1.29, 1.82) is 0 Å². The smallest absolute Gasteiger partial charge is 0.336 e. The van der Waals surface area contributed by atoms with Crippen LogP contribution < -0.4 is 9.62 Å². The number of benzene rings is 1. The van der Waals surface area contributed by atoms with E-state index in [9.17, 15) is 19.0 Å². The molecule has 21 heavy (non-hydrogen) atoms. The largest absolute Gasteiger partial charge is 0.478 e. The molecule has 4 N–H and O–H groups in total. The number of nitrogens with zero attached hydrogens (tertiary/aromatic N) is 1. The van der Waals surface area contributed by atoms with Gasteiger partial charge in [0.05, 0.1) is 17.0 Å². The quantitative estimate of drug-likeness (QED) is 0.681. The highest BCUT2D eigenvalue weighted by Crippen LogP contribution is 2.53. The molecular weight excluding hydrogens is 292 g/mol. The molecule has 118 valence electrons. The lowest BCUT2D eigenvalue weighted by Crippen LogP contribution is -2.25. The number of aromatic carboxylic acids is 1. The van der Waals surface area contributed by atoms with Crippen molar-refractivity contribution >= 4 is 28.1 Å². The third kappa shape index (κ3) is 2.81. The van der Waals surface area contributed by atoms with Crippen molar-refractivity contribution in [1.82, 2.24) is 0 Å². The van der Waals surface area contributed by atoms with Gasteiger partial charge in [-0.3, -0.25) is 13.4 Å². The molecule has 0 atom stereocenters. The van der Waals surface area contributed by atoms with Crippen LogP contribution in [0, 0.1) is 13.8 Å². The molecule has 2 rings (SSSR count). The topological polar surface area (TPSA) is 93.0 Å². The van der Waals surface area contributed by atoms with Crippen LogP contribution in [-0.2, 0) is 0 Å². The monoisotopic (exact) mass is 314 g/mol. The zero-order valence-electron chi connectivity index (χ0n) is 12.5. The summed E-state index contributed by atoms with van der Waals surface area (Å²) in [4.78, 5) is 11.5. The summed E-state index contributed by atoms with van der Waals surface area (Å²) >= 11 is 0. The van der Waals surface area contributed by atoms with Gasteiger partial charge in [0, 0.05) is 18.8 Å². The second-order valence-electron chi connectivity index (χ2n) is 5.20. The Morgan fingerprint density at radius 3 is 2.52 bits per heavy atom. The van der Waals surface area contributed by atoms with Crippen LogP contribution in [0.5, 0.6) is 0 Å². The SMILES string of the molecule is CCNc1cc(C(=O)O)c(C)c(N2CCCS2(O)O)c1C. The summed E-state index contributed by atoms with van der Waals surface area (Å²) < 4.78 is 22.0. The van der Waals surface area contributed by atoms with Crippen LogP contribution in [0.3, 0.4) is 0 Å². The van der Waals surface area contributed by atoms with Gasteiger partial charge in [0.2, 0.25) is 0 Å². The molecule has 1 aliphatic heterocycles. The van der Waals surface area contributed by atoms with Gasteiger partial charge in [-0.1, -0.05) is 0 Å². The molecule has 0 unspecified atom stereocenters. The molecule has 1 aromatic rings. The Balaban J connectivity index is 2.65. The summed E-state index contributed by atoms with van der Waals surface area (Å²) in [6.45, 7) is 6.72. The Labute approximate surface area is 126 Å². The van der Waals surface area contributed by atoms with E-state index in [0.717, 1.165) is 11.3 Å². The fraction of sp³-hybridized carbons (Fsp3) is 0.500. The Kier molecular flexibility index (Phi) is 4.36. The molecule has 6 nitrogen and oxygen atoms in total. The van der Waals surface area contributed by atoms with Crippen LogP contribution in [0.4, 0.5) is 11.4 Å². The van der Waals surface area contributed by atoms with Gasteiger partial charge in [0.15, 0.2) is 0 Å². The average molecular weight is 314 g/mol. The van der Waals surface area contributed by atoms with Gasteiger partial charge in [0.1, 0.15) is 0 Å². The van der Waals surface area contributed by atoms with E-state index in [2.05, 4.69) is 5.32 Å². The Morgan fingerprint density at radius 2 is 2.05 bits per heavy atom. The molecule has 0 radical (unpaired) electrons. The minimum atomic E-state index is -2.85. The maximum atomic E-state index is 11.5. The van der Waals surface area contributed by atoms with E-state index >= 15 is 0 Å². The number of nitrogens with one attached hydrogen (secondary N) is 1. The number of carbonyl (C=O) groups is 1. The van der Waals surface area contributed by atoms with Gasteiger partial charge in [-0.15, -0.1) is 10.8 Å². The molecule has 1 aliphatic rings. The van der Waals surface area contributed by atoms with Gasteiger partial charge in [-0.2, -0.15) is 0 Å². The molecule has 7 heteroatoms. The summed E-state index contributed by atoms with van der Waals surface area (Å²) in [7, 11) is -2.85. The second kappa shape index (κ2) is 5.75. The van der Waals surface area contributed by atoms with E-state index in [0.29, 0.717) is 36.5 Å². The first-order valence-electron chi connectivity index (χ1n) is 6.94. The standard InChI is InChI=1S/C14H22N2O4S/c1-4-15-12-8-11(14(17)18)9(2)13(10(12)3)16-6-5-7-21(16,19)20/h8,15,19-20H,4-7H2,1-3H3,(H,17,18). The van der Waals surface area contributed by atoms with Crippen molar-refractivity contribution in [3.05, 3.63) is 22.8 Å². The Hall–Kier alpha value is -1.44. The normalized spacial score (nSPS) is 18.6. The Bertz CT molecular complexity index is 575. The minimum absolute atomic E-state index is 0.189. The fourth-order valence-electron chi connectivity index (χ4n) is 2.78. The summed E-state index contributed by atoms with van der Waals surface area (Å²) in [6, 6.07) is 1.61. The van der Waals surface area contributed by atoms with Crippen molar-refractivity contribution < 1.29 is 19.0 Å². The van der Waals surface area contributed by atoms with E-state index < -0.39 is 16.7 Å². The van der Waals surface area contributed by atoms with Gasteiger partial charge in [0.25, 0.3) is 0 Å². The lowest BCUT2D eigenvalue weighted by atomic mass is 10.00. The van der Waals surface area contributed by atoms with Crippen LogP contribution in [0.2, 0.25) is 0 Å². The first-order valence-corrected chi connectivity index (χ1v) is 8.61. The third-order valence-electron chi connectivity index (χ3n) is 3.79. The second-order valence-corrected chi connectivity index (χ2v) is 7.31. The average Bonchev–Trinajstić information content (AvgIpc) is 2.73. The molecular formula is C14H22N2O4S. The molecule has 0 saturated carbocycles. The predicted molar refractivity (Wildman–Crippen MR) is 86.7 cm³/mol. The summed E-state index contributed by atoms with van der Waals surface area (Å²) in [5.41, 5.74) is 2.96. The third-order valence-corrected chi connectivity index (χ3v) is 5.69. The molecule has 1 heterocycles. The van der Waals surface area contributed by atoms with Crippen molar-refractivity contribution in [2.75, 3.05) is 28.5 Å². The van der Waals surface area contributed by atoms with Crippen LogP contribution in [0.15, 0.2) is 6.07 Å². The molecule has 0 amide bonds. The molecule has 1 saturated heterocycles. The molecule has 0 spiro atoms. The molecule has 0 aromatic heterocycles. The highest BCUT2D eigenvalue weighted by molar-refractivity contribution is 8.25.